The number of carbonyl (C=O) groups excluding carboxylic acids is 1. The lowest BCUT2D eigenvalue weighted by Crippen LogP contribution is -2.14. The number of nitrogens with one attached hydrogen (secondary N) is 1. The first-order valence-electron chi connectivity index (χ1n) is 8.55. The summed E-state index contributed by atoms with van der Waals surface area (Å²) in [6.07, 6.45) is 5.03. The van der Waals surface area contributed by atoms with Crippen molar-refractivity contribution in [3.8, 4) is 16.3 Å². The molecule has 2 aromatic heterocycles. The first-order valence-corrected chi connectivity index (χ1v) is 9.75. The van der Waals surface area contributed by atoms with Gasteiger partial charge in [0.15, 0.2) is 5.78 Å². The standard InChI is InChI=1S/C22H15ClN2O2S/c23-21-12-11-20(28-21)18-14-25(22(27)24-18)17-8-4-7-16(13-17)19(26)10-9-15-5-2-1-3-6-15/h1-14H,(H,24,27). The molecular formula is C22H15ClN2O2S. The molecule has 0 saturated heterocycles. The predicted octanol–water partition coefficient (Wildman–Crippen LogP) is 5.44. The van der Waals surface area contributed by atoms with Gasteiger partial charge in [-0.25, -0.2) is 4.79 Å². The van der Waals surface area contributed by atoms with Crippen molar-refractivity contribution in [1.29, 1.82) is 0 Å². The summed E-state index contributed by atoms with van der Waals surface area (Å²) in [6.45, 7) is 0. The molecular weight excluding hydrogens is 392 g/mol. The second-order valence-electron chi connectivity index (χ2n) is 6.11. The van der Waals surface area contributed by atoms with E-state index >= 15 is 0 Å². The number of rotatable bonds is 5. The molecule has 0 spiro atoms. The van der Waals surface area contributed by atoms with Crippen molar-refractivity contribution in [1.82, 2.24) is 9.55 Å². The molecule has 0 bridgehead atoms. The summed E-state index contributed by atoms with van der Waals surface area (Å²) in [7, 11) is 0. The summed E-state index contributed by atoms with van der Waals surface area (Å²) in [4.78, 5) is 28.6. The zero-order valence-electron chi connectivity index (χ0n) is 14.6. The molecule has 1 N–H and O–H groups in total. The van der Waals surface area contributed by atoms with Crippen LogP contribution in [0, 0.1) is 0 Å². The van der Waals surface area contributed by atoms with Gasteiger partial charge in [-0.3, -0.25) is 9.36 Å². The molecule has 2 heterocycles. The fourth-order valence-electron chi connectivity index (χ4n) is 2.81. The minimum absolute atomic E-state index is 0.125. The van der Waals surface area contributed by atoms with Crippen LogP contribution >= 0.6 is 22.9 Å². The smallest absolute Gasteiger partial charge is 0.305 e. The van der Waals surface area contributed by atoms with Crippen LogP contribution in [0.25, 0.3) is 22.3 Å². The van der Waals surface area contributed by atoms with E-state index in [4.69, 9.17) is 11.6 Å². The molecule has 0 fully saturated rings. The molecule has 0 aliphatic heterocycles. The molecule has 0 radical (unpaired) electrons. The Morgan fingerprint density at radius 1 is 1.04 bits per heavy atom. The van der Waals surface area contributed by atoms with Crippen LogP contribution in [0.15, 0.2) is 83.8 Å². The molecule has 0 unspecified atom stereocenters. The molecule has 0 saturated carbocycles. The van der Waals surface area contributed by atoms with Gasteiger partial charge in [-0.2, -0.15) is 0 Å². The van der Waals surface area contributed by atoms with Crippen LogP contribution in [0.3, 0.4) is 0 Å². The lowest BCUT2D eigenvalue weighted by Gasteiger charge is -2.03. The Morgan fingerprint density at radius 3 is 2.61 bits per heavy atom. The Labute approximate surface area is 170 Å². The number of H-pyrrole nitrogens is 1. The zero-order chi connectivity index (χ0) is 19.5. The van der Waals surface area contributed by atoms with Crippen molar-refractivity contribution in [3.05, 3.63) is 105 Å². The van der Waals surface area contributed by atoms with E-state index in [-0.39, 0.29) is 11.5 Å². The average molecular weight is 407 g/mol. The van der Waals surface area contributed by atoms with Crippen molar-refractivity contribution < 1.29 is 4.79 Å². The van der Waals surface area contributed by atoms with Crippen molar-refractivity contribution in [3.63, 3.8) is 0 Å². The molecule has 2 aromatic carbocycles. The second kappa shape index (κ2) is 7.84. The highest BCUT2D eigenvalue weighted by Crippen LogP contribution is 2.29. The van der Waals surface area contributed by atoms with Gasteiger partial charge in [0, 0.05) is 11.8 Å². The number of imidazole rings is 1. The highest BCUT2D eigenvalue weighted by molar-refractivity contribution is 7.19. The monoisotopic (exact) mass is 406 g/mol. The normalized spacial score (nSPS) is 11.2. The molecule has 4 rings (SSSR count). The first kappa shape index (κ1) is 18.2. The van der Waals surface area contributed by atoms with Crippen LogP contribution in [-0.4, -0.2) is 15.3 Å². The fourth-order valence-corrected chi connectivity index (χ4v) is 3.82. The van der Waals surface area contributed by atoms with Gasteiger partial charge < -0.3 is 4.98 Å². The molecule has 28 heavy (non-hydrogen) atoms. The molecule has 0 aliphatic carbocycles. The van der Waals surface area contributed by atoms with Crippen LogP contribution < -0.4 is 5.69 Å². The Hall–Kier alpha value is -3.15. The maximum atomic E-state index is 12.5. The lowest BCUT2D eigenvalue weighted by atomic mass is 10.1. The maximum absolute atomic E-state index is 12.5. The van der Waals surface area contributed by atoms with E-state index in [9.17, 15) is 9.59 Å². The van der Waals surface area contributed by atoms with E-state index in [0.717, 1.165) is 10.4 Å². The highest BCUT2D eigenvalue weighted by atomic mass is 35.5. The van der Waals surface area contributed by atoms with Crippen molar-refractivity contribution in [2.75, 3.05) is 0 Å². The Bertz CT molecular complexity index is 1220. The highest BCUT2D eigenvalue weighted by Gasteiger charge is 2.10. The summed E-state index contributed by atoms with van der Waals surface area (Å²) >= 11 is 7.37. The van der Waals surface area contributed by atoms with E-state index in [1.807, 2.05) is 36.4 Å². The Kier molecular flexibility index (Phi) is 5.10. The van der Waals surface area contributed by atoms with Gasteiger partial charge in [0.1, 0.15) is 0 Å². The van der Waals surface area contributed by atoms with Crippen molar-refractivity contribution in [2.45, 2.75) is 0 Å². The quantitative estimate of drug-likeness (QED) is 0.354. The number of thiophene rings is 1. The molecule has 0 aliphatic rings. The number of ketones is 1. The van der Waals surface area contributed by atoms with E-state index in [1.54, 1.807) is 42.6 Å². The third kappa shape index (κ3) is 3.91. The minimum Gasteiger partial charge on any atom is -0.305 e. The van der Waals surface area contributed by atoms with Crippen LogP contribution in [-0.2, 0) is 0 Å². The van der Waals surface area contributed by atoms with E-state index in [2.05, 4.69) is 4.98 Å². The van der Waals surface area contributed by atoms with Crippen molar-refractivity contribution >= 4 is 34.8 Å². The molecule has 0 amide bonds. The average Bonchev–Trinajstić information content (AvgIpc) is 3.32. The Morgan fingerprint density at radius 2 is 1.86 bits per heavy atom. The number of hydrogen-bond acceptors (Lipinski definition) is 3. The summed E-state index contributed by atoms with van der Waals surface area (Å²) < 4.78 is 2.14. The largest absolute Gasteiger partial charge is 0.330 e. The van der Waals surface area contributed by atoms with E-state index in [1.165, 1.54) is 22.0 Å². The lowest BCUT2D eigenvalue weighted by molar-refractivity contribution is 0.104. The minimum atomic E-state index is -0.274. The summed E-state index contributed by atoms with van der Waals surface area (Å²) in [5, 5.41) is 0. The Balaban J connectivity index is 1.62. The number of nitrogens with zero attached hydrogens (tertiary/aromatic N) is 1. The third-order valence-corrected chi connectivity index (χ3v) is 5.46. The number of halogens is 1. The maximum Gasteiger partial charge on any atom is 0.330 e. The second-order valence-corrected chi connectivity index (χ2v) is 7.82. The van der Waals surface area contributed by atoms with E-state index in [0.29, 0.717) is 21.3 Å². The third-order valence-electron chi connectivity index (χ3n) is 4.19. The van der Waals surface area contributed by atoms with Gasteiger partial charge in [-0.05, 0) is 35.9 Å². The van der Waals surface area contributed by atoms with Crippen LogP contribution in [0.4, 0.5) is 0 Å². The number of carbonyl (C=O) groups is 1. The van der Waals surface area contributed by atoms with Crippen LogP contribution in [0.1, 0.15) is 15.9 Å². The number of allylic oxidation sites excluding steroid dienone is 1. The van der Waals surface area contributed by atoms with Crippen molar-refractivity contribution in [2.24, 2.45) is 0 Å². The van der Waals surface area contributed by atoms with Gasteiger partial charge >= 0.3 is 5.69 Å². The van der Waals surface area contributed by atoms with Gasteiger partial charge in [-0.1, -0.05) is 60.1 Å². The molecule has 4 nitrogen and oxygen atoms in total. The fraction of sp³-hybridized carbons (Fsp3) is 0. The van der Waals surface area contributed by atoms with Gasteiger partial charge in [0.25, 0.3) is 0 Å². The number of aromatic nitrogens is 2. The molecule has 6 heteroatoms. The van der Waals surface area contributed by atoms with Crippen LogP contribution in [0.5, 0.6) is 0 Å². The molecule has 4 aromatic rings. The first-order chi connectivity index (χ1) is 13.6. The van der Waals surface area contributed by atoms with Gasteiger partial charge in [-0.15, -0.1) is 11.3 Å². The topological polar surface area (TPSA) is 54.9 Å². The van der Waals surface area contributed by atoms with Gasteiger partial charge in [0.2, 0.25) is 0 Å². The molecule has 0 atom stereocenters. The van der Waals surface area contributed by atoms with E-state index < -0.39 is 0 Å². The van der Waals surface area contributed by atoms with Crippen LogP contribution in [0.2, 0.25) is 4.34 Å². The van der Waals surface area contributed by atoms with Gasteiger partial charge in [0.05, 0.1) is 20.6 Å². The summed E-state index contributed by atoms with van der Waals surface area (Å²) in [6, 6.07) is 20.3. The number of benzene rings is 2. The number of aromatic amines is 1. The zero-order valence-corrected chi connectivity index (χ0v) is 16.2. The SMILES string of the molecule is O=C(C=Cc1ccccc1)c1cccc(-n2cc(-c3ccc(Cl)s3)[nH]c2=O)c1. The summed E-state index contributed by atoms with van der Waals surface area (Å²) in [5.41, 5.74) is 2.49. The predicted molar refractivity (Wildman–Crippen MR) is 115 cm³/mol. The summed E-state index contributed by atoms with van der Waals surface area (Å²) in [5.74, 6) is -0.125. The molecule has 138 valence electrons. The number of hydrogen-bond donors (Lipinski definition) is 1.